The quantitative estimate of drug-likeness (QED) is 0.764. The summed E-state index contributed by atoms with van der Waals surface area (Å²) in [5.74, 6) is 0.676. The van der Waals surface area contributed by atoms with Gasteiger partial charge in [0.25, 0.3) is 0 Å². The van der Waals surface area contributed by atoms with Gasteiger partial charge >= 0.3 is 0 Å². The number of sulfonamides is 1. The Morgan fingerprint density at radius 1 is 1.20 bits per heavy atom. The van der Waals surface area contributed by atoms with Crippen LogP contribution in [0.5, 0.6) is 5.75 Å². The van der Waals surface area contributed by atoms with Crippen molar-refractivity contribution in [3.63, 3.8) is 0 Å². The van der Waals surface area contributed by atoms with Gasteiger partial charge in [-0.05, 0) is 79.5 Å². The van der Waals surface area contributed by atoms with E-state index in [1.807, 2.05) is 12.3 Å². The number of benzene rings is 1. The van der Waals surface area contributed by atoms with Crippen LogP contribution >= 0.6 is 11.3 Å². The molecule has 1 aliphatic rings. The van der Waals surface area contributed by atoms with Crippen molar-refractivity contribution in [3.8, 4) is 5.75 Å². The summed E-state index contributed by atoms with van der Waals surface area (Å²) in [5, 5.41) is 4.15. The molecule has 7 heteroatoms. The second kappa shape index (κ2) is 8.31. The summed E-state index contributed by atoms with van der Waals surface area (Å²) < 4.78 is 33.4. The first-order valence-corrected chi connectivity index (χ1v) is 11.0. The highest BCUT2D eigenvalue weighted by Gasteiger charge is 2.25. The Hall–Kier alpha value is -1.41. The molecular weight excluding hydrogens is 356 g/mol. The largest absolute Gasteiger partial charge is 0.494 e. The van der Waals surface area contributed by atoms with E-state index in [1.165, 1.54) is 18.4 Å². The number of nitrogens with zero attached hydrogens (tertiary/aromatic N) is 1. The normalized spacial score (nSPS) is 16.8. The molecule has 1 N–H and O–H groups in total. The van der Waals surface area contributed by atoms with Crippen molar-refractivity contribution >= 4 is 21.4 Å². The molecule has 3 rings (SSSR count). The summed E-state index contributed by atoms with van der Waals surface area (Å²) in [6, 6.07) is 8.72. The summed E-state index contributed by atoms with van der Waals surface area (Å²) in [4.78, 5) is 2.63. The molecule has 1 saturated heterocycles. The van der Waals surface area contributed by atoms with Crippen LogP contribution in [0.3, 0.4) is 0 Å². The van der Waals surface area contributed by atoms with Crippen molar-refractivity contribution in [2.45, 2.75) is 30.7 Å². The molecule has 0 amide bonds. The van der Waals surface area contributed by atoms with Gasteiger partial charge in [0.2, 0.25) is 10.0 Å². The second-order valence-electron chi connectivity index (χ2n) is 6.07. The maximum absolute atomic E-state index is 12.6. The minimum Gasteiger partial charge on any atom is -0.494 e. The molecule has 25 heavy (non-hydrogen) atoms. The fraction of sp³-hybridized carbons (Fsp3) is 0.444. The maximum Gasteiger partial charge on any atom is 0.240 e. The lowest BCUT2D eigenvalue weighted by molar-refractivity contribution is 0.247. The highest BCUT2D eigenvalue weighted by atomic mass is 32.2. The summed E-state index contributed by atoms with van der Waals surface area (Å²) in [7, 11) is -3.54. The number of hydrogen-bond acceptors (Lipinski definition) is 5. The zero-order valence-corrected chi connectivity index (χ0v) is 16.0. The Bertz CT molecular complexity index is 752. The molecule has 2 aromatic rings. The van der Waals surface area contributed by atoms with Crippen LogP contribution in [0.2, 0.25) is 0 Å². The standard InChI is InChI=1S/C18H24N2O3S2/c1-2-23-16-5-7-17(8-6-16)25(21,22)19-13-18(15-9-12-24-14-15)20-10-3-4-11-20/h5-9,12,14,18-19H,2-4,10-11,13H2,1H3. The first-order chi connectivity index (χ1) is 12.1. The van der Waals surface area contributed by atoms with E-state index in [0.29, 0.717) is 18.9 Å². The third kappa shape index (κ3) is 4.61. The first-order valence-electron chi connectivity index (χ1n) is 8.59. The molecule has 0 spiro atoms. The lowest BCUT2D eigenvalue weighted by atomic mass is 10.1. The summed E-state index contributed by atoms with van der Waals surface area (Å²) in [5.41, 5.74) is 1.18. The van der Waals surface area contributed by atoms with Crippen molar-refractivity contribution in [2.75, 3.05) is 26.2 Å². The van der Waals surface area contributed by atoms with Crippen LogP contribution in [0.4, 0.5) is 0 Å². The monoisotopic (exact) mass is 380 g/mol. The van der Waals surface area contributed by atoms with Gasteiger partial charge in [0.05, 0.1) is 11.5 Å². The average molecular weight is 381 g/mol. The van der Waals surface area contributed by atoms with Gasteiger partial charge in [0, 0.05) is 12.6 Å². The van der Waals surface area contributed by atoms with Gasteiger partial charge < -0.3 is 4.74 Å². The number of likely N-dealkylation sites (tertiary alicyclic amines) is 1. The molecular formula is C18H24N2O3S2. The van der Waals surface area contributed by atoms with Crippen molar-refractivity contribution in [3.05, 3.63) is 46.7 Å². The van der Waals surface area contributed by atoms with Crippen LogP contribution in [0.25, 0.3) is 0 Å². The highest BCUT2D eigenvalue weighted by Crippen LogP contribution is 2.27. The van der Waals surface area contributed by atoms with E-state index in [2.05, 4.69) is 21.1 Å². The van der Waals surface area contributed by atoms with Crippen LogP contribution in [-0.4, -0.2) is 39.6 Å². The van der Waals surface area contributed by atoms with Gasteiger partial charge in [-0.3, -0.25) is 4.90 Å². The maximum atomic E-state index is 12.6. The topological polar surface area (TPSA) is 58.6 Å². The van der Waals surface area contributed by atoms with Crippen LogP contribution in [0, 0.1) is 0 Å². The van der Waals surface area contributed by atoms with E-state index in [4.69, 9.17) is 4.74 Å². The second-order valence-corrected chi connectivity index (χ2v) is 8.62. The van der Waals surface area contributed by atoms with Crippen LogP contribution in [0.15, 0.2) is 46.0 Å². The minimum absolute atomic E-state index is 0.0891. The van der Waals surface area contributed by atoms with Crippen molar-refractivity contribution in [1.82, 2.24) is 9.62 Å². The number of hydrogen-bond donors (Lipinski definition) is 1. The molecule has 1 aromatic heterocycles. The van der Waals surface area contributed by atoms with E-state index in [1.54, 1.807) is 35.6 Å². The molecule has 136 valence electrons. The van der Waals surface area contributed by atoms with Crippen LogP contribution in [-0.2, 0) is 10.0 Å². The Morgan fingerprint density at radius 2 is 1.92 bits per heavy atom. The predicted octanol–water partition coefficient (Wildman–Crippen LogP) is 3.26. The first kappa shape index (κ1) is 18.4. The Labute approximate surface area is 153 Å². The summed E-state index contributed by atoms with van der Waals surface area (Å²) in [6.45, 7) is 4.88. The zero-order chi connectivity index (χ0) is 17.7. The fourth-order valence-electron chi connectivity index (χ4n) is 3.13. The lowest BCUT2D eigenvalue weighted by Gasteiger charge is -2.27. The van der Waals surface area contributed by atoms with Gasteiger partial charge in [0.15, 0.2) is 0 Å². The van der Waals surface area contributed by atoms with Gasteiger partial charge in [0.1, 0.15) is 5.75 Å². The Morgan fingerprint density at radius 3 is 2.52 bits per heavy atom. The smallest absolute Gasteiger partial charge is 0.240 e. The number of ether oxygens (including phenoxy) is 1. The van der Waals surface area contributed by atoms with Gasteiger partial charge in [-0.2, -0.15) is 11.3 Å². The lowest BCUT2D eigenvalue weighted by Crippen LogP contribution is -2.36. The molecule has 1 aliphatic heterocycles. The number of rotatable bonds is 8. The summed E-state index contributed by atoms with van der Waals surface area (Å²) in [6.07, 6.45) is 2.35. The molecule has 2 heterocycles. The van der Waals surface area contributed by atoms with Gasteiger partial charge in [-0.25, -0.2) is 13.1 Å². The fourth-order valence-corrected chi connectivity index (χ4v) is 4.87. The van der Waals surface area contributed by atoms with E-state index >= 15 is 0 Å². The molecule has 1 aromatic carbocycles. The molecule has 0 radical (unpaired) electrons. The third-order valence-corrected chi connectivity index (χ3v) is 6.56. The van der Waals surface area contributed by atoms with E-state index in [9.17, 15) is 8.42 Å². The molecule has 1 unspecified atom stereocenters. The van der Waals surface area contributed by atoms with E-state index in [-0.39, 0.29) is 10.9 Å². The molecule has 5 nitrogen and oxygen atoms in total. The highest BCUT2D eigenvalue weighted by molar-refractivity contribution is 7.89. The molecule has 1 atom stereocenters. The van der Waals surface area contributed by atoms with Gasteiger partial charge in [-0.1, -0.05) is 0 Å². The van der Waals surface area contributed by atoms with E-state index < -0.39 is 10.0 Å². The number of thiophene rings is 1. The van der Waals surface area contributed by atoms with Gasteiger partial charge in [-0.15, -0.1) is 0 Å². The molecule has 1 fully saturated rings. The molecule has 0 aliphatic carbocycles. The Kier molecular flexibility index (Phi) is 6.11. The van der Waals surface area contributed by atoms with Crippen LogP contribution in [0.1, 0.15) is 31.4 Å². The van der Waals surface area contributed by atoms with Crippen molar-refractivity contribution < 1.29 is 13.2 Å². The minimum atomic E-state index is -3.54. The Balaban J connectivity index is 1.70. The predicted molar refractivity (Wildman–Crippen MR) is 101 cm³/mol. The zero-order valence-electron chi connectivity index (χ0n) is 14.3. The van der Waals surface area contributed by atoms with Crippen LogP contribution < -0.4 is 9.46 Å². The average Bonchev–Trinajstić information content (AvgIpc) is 3.30. The van der Waals surface area contributed by atoms with Crippen molar-refractivity contribution in [1.29, 1.82) is 0 Å². The van der Waals surface area contributed by atoms with Crippen molar-refractivity contribution in [2.24, 2.45) is 0 Å². The summed E-state index contributed by atoms with van der Waals surface area (Å²) >= 11 is 1.64. The number of nitrogens with one attached hydrogen (secondary N) is 1. The third-order valence-electron chi connectivity index (χ3n) is 4.42. The van der Waals surface area contributed by atoms with E-state index in [0.717, 1.165) is 13.1 Å². The SMILES string of the molecule is CCOc1ccc(S(=O)(=O)NCC(c2ccsc2)N2CCCC2)cc1. The molecule has 0 bridgehead atoms. The molecule has 0 saturated carbocycles.